The summed E-state index contributed by atoms with van der Waals surface area (Å²) in [5.74, 6) is 0.817. The van der Waals surface area contributed by atoms with E-state index >= 15 is 0 Å². The Morgan fingerprint density at radius 1 is 1.23 bits per heavy atom. The van der Waals surface area contributed by atoms with Gasteiger partial charge in [0, 0.05) is 12.1 Å². The van der Waals surface area contributed by atoms with Crippen LogP contribution in [0.25, 0.3) is 0 Å². The topological polar surface area (TPSA) is 58.6 Å². The molecule has 1 aliphatic heterocycles. The van der Waals surface area contributed by atoms with E-state index in [0.717, 1.165) is 43.4 Å². The van der Waals surface area contributed by atoms with Crippen LogP contribution in [0, 0.1) is 0 Å². The van der Waals surface area contributed by atoms with E-state index in [0.29, 0.717) is 11.5 Å². The lowest BCUT2D eigenvalue weighted by Crippen LogP contribution is -2.45. The van der Waals surface area contributed by atoms with Crippen molar-refractivity contribution < 1.29 is 13.2 Å². The molecule has 1 aromatic rings. The maximum Gasteiger partial charge on any atom is 0.240 e. The minimum absolute atomic E-state index is 0.00715. The molecule has 0 amide bonds. The lowest BCUT2D eigenvalue weighted by atomic mass is 10.1. The molecule has 0 bridgehead atoms. The number of likely N-dealkylation sites (N-methyl/N-ethyl adjacent to an activating group) is 1. The van der Waals surface area contributed by atoms with E-state index in [1.165, 1.54) is 0 Å². The van der Waals surface area contributed by atoms with Crippen molar-refractivity contribution in [2.75, 3.05) is 20.7 Å². The van der Waals surface area contributed by atoms with Gasteiger partial charge in [-0.05, 0) is 63.5 Å². The third-order valence-corrected chi connectivity index (χ3v) is 6.13. The minimum atomic E-state index is -3.48. The summed E-state index contributed by atoms with van der Waals surface area (Å²) in [7, 11) is 0.539. The smallest absolute Gasteiger partial charge is 0.240 e. The molecule has 0 aromatic heterocycles. The summed E-state index contributed by atoms with van der Waals surface area (Å²) in [6.45, 7) is 0.712. The fourth-order valence-electron chi connectivity index (χ4n) is 3.47. The van der Waals surface area contributed by atoms with Crippen molar-refractivity contribution in [2.45, 2.75) is 49.1 Å². The van der Waals surface area contributed by atoms with Gasteiger partial charge in [-0.3, -0.25) is 0 Å². The van der Waals surface area contributed by atoms with Crippen molar-refractivity contribution in [3.63, 3.8) is 0 Å². The van der Waals surface area contributed by atoms with E-state index in [9.17, 15) is 8.42 Å². The van der Waals surface area contributed by atoms with Crippen LogP contribution in [0.4, 0.5) is 0 Å². The van der Waals surface area contributed by atoms with Crippen LogP contribution < -0.4 is 9.46 Å². The van der Waals surface area contributed by atoms with E-state index in [1.807, 2.05) is 14.1 Å². The van der Waals surface area contributed by atoms with Gasteiger partial charge in [-0.1, -0.05) is 6.42 Å². The Morgan fingerprint density at radius 3 is 2.82 bits per heavy atom. The van der Waals surface area contributed by atoms with E-state index in [1.54, 1.807) is 18.2 Å². The summed E-state index contributed by atoms with van der Waals surface area (Å²) in [5, 5.41) is 0. The number of aryl methyl sites for hydroxylation is 1. The van der Waals surface area contributed by atoms with E-state index < -0.39 is 10.0 Å². The molecule has 1 N–H and O–H groups in total. The quantitative estimate of drug-likeness (QED) is 0.917. The van der Waals surface area contributed by atoms with Gasteiger partial charge in [0.05, 0.1) is 11.5 Å². The number of benzene rings is 1. The van der Waals surface area contributed by atoms with E-state index in [-0.39, 0.29) is 12.1 Å². The Kier molecular flexibility index (Phi) is 4.43. The third-order valence-electron chi connectivity index (χ3n) is 4.64. The van der Waals surface area contributed by atoms with Crippen molar-refractivity contribution in [1.29, 1.82) is 0 Å². The molecular weight excluding hydrogens is 300 g/mol. The fraction of sp³-hybridized carbons (Fsp3) is 0.625. The largest absolute Gasteiger partial charge is 0.493 e. The maximum absolute atomic E-state index is 12.7. The first kappa shape index (κ1) is 15.8. The zero-order chi connectivity index (χ0) is 15.7. The first-order valence-electron chi connectivity index (χ1n) is 7.92. The Balaban J connectivity index is 1.81. The maximum atomic E-state index is 12.7. The molecule has 2 aliphatic rings. The molecule has 0 unspecified atom stereocenters. The zero-order valence-electron chi connectivity index (χ0n) is 13.2. The number of hydrogen-bond donors (Lipinski definition) is 1. The van der Waals surface area contributed by atoms with Crippen LogP contribution in [0.5, 0.6) is 5.75 Å². The summed E-state index contributed by atoms with van der Waals surface area (Å²) in [5.41, 5.74) is 0.990. The second kappa shape index (κ2) is 6.18. The number of nitrogens with zero attached hydrogens (tertiary/aromatic N) is 1. The zero-order valence-corrected chi connectivity index (χ0v) is 14.0. The monoisotopic (exact) mass is 324 g/mol. The summed E-state index contributed by atoms with van der Waals surface area (Å²) in [6.07, 6.45) is 4.82. The first-order valence-corrected chi connectivity index (χ1v) is 9.40. The highest BCUT2D eigenvalue weighted by atomic mass is 32.2. The van der Waals surface area contributed by atoms with Crippen molar-refractivity contribution in [2.24, 2.45) is 0 Å². The van der Waals surface area contributed by atoms with Crippen molar-refractivity contribution in [3.8, 4) is 5.75 Å². The van der Waals surface area contributed by atoms with Gasteiger partial charge in [0.15, 0.2) is 0 Å². The molecular formula is C16H24N2O3S. The standard InChI is InChI=1S/C16H24N2O3S/c1-18(2)15-7-3-6-14(15)17-22(19,20)13-8-9-16-12(11-13)5-4-10-21-16/h8-9,11,14-15,17H,3-7,10H2,1-2H3/t14-,15-/m0/s1. The van der Waals surface area contributed by atoms with Crippen molar-refractivity contribution >= 4 is 10.0 Å². The van der Waals surface area contributed by atoms with Gasteiger partial charge in [0.2, 0.25) is 10.0 Å². The summed E-state index contributed by atoms with van der Waals surface area (Å²) in [6, 6.07) is 5.45. The van der Waals surface area contributed by atoms with Gasteiger partial charge < -0.3 is 9.64 Å². The number of sulfonamides is 1. The molecule has 1 saturated carbocycles. The molecule has 1 heterocycles. The van der Waals surface area contributed by atoms with Gasteiger partial charge in [-0.25, -0.2) is 13.1 Å². The molecule has 1 aromatic carbocycles. The molecule has 6 heteroatoms. The van der Waals surface area contributed by atoms with Gasteiger partial charge in [0.25, 0.3) is 0 Å². The van der Waals surface area contributed by atoms with Crippen LogP contribution in [-0.4, -0.2) is 46.1 Å². The summed E-state index contributed by atoms with van der Waals surface area (Å²) < 4.78 is 33.8. The Labute approximate surface area is 132 Å². The fourth-order valence-corrected chi connectivity index (χ4v) is 4.82. The molecule has 122 valence electrons. The van der Waals surface area contributed by atoms with Gasteiger partial charge in [0.1, 0.15) is 5.75 Å². The SMILES string of the molecule is CN(C)[C@H]1CCC[C@@H]1NS(=O)(=O)c1ccc2c(c1)CCCO2. The van der Waals surface area contributed by atoms with Crippen LogP contribution in [0.3, 0.4) is 0 Å². The normalized spacial score (nSPS) is 25.0. The Hall–Kier alpha value is -1.11. The van der Waals surface area contributed by atoms with Crippen molar-refractivity contribution in [1.82, 2.24) is 9.62 Å². The average Bonchev–Trinajstić information content (AvgIpc) is 2.94. The number of hydrogen-bond acceptors (Lipinski definition) is 4. The molecule has 5 nitrogen and oxygen atoms in total. The summed E-state index contributed by atoms with van der Waals surface area (Å²) >= 11 is 0. The predicted molar refractivity (Wildman–Crippen MR) is 85.7 cm³/mol. The van der Waals surface area contributed by atoms with Crippen molar-refractivity contribution in [3.05, 3.63) is 23.8 Å². The second-order valence-electron chi connectivity index (χ2n) is 6.41. The van der Waals surface area contributed by atoms with Gasteiger partial charge >= 0.3 is 0 Å². The number of rotatable bonds is 4. The van der Waals surface area contributed by atoms with Crippen LogP contribution in [0.15, 0.2) is 23.1 Å². The highest BCUT2D eigenvalue weighted by Gasteiger charge is 2.32. The predicted octanol–water partition coefficient (Wildman–Crippen LogP) is 1.77. The molecule has 3 rings (SSSR count). The third kappa shape index (κ3) is 3.14. The molecule has 0 saturated heterocycles. The van der Waals surface area contributed by atoms with E-state index in [2.05, 4.69) is 9.62 Å². The van der Waals surface area contributed by atoms with E-state index in [4.69, 9.17) is 4.74 Å². The van der Waals surface area contributed by atoms with Crippen LogP contribution in [-0.2, 0) is 16.4 Å². The minimum Gasteiger partial charge on any atom is -0.493 e. The van der Waals surface area contributed by atoms with Gasteiger partial charge in [-0.15, -0.1) is 0 Å². The Bertz CT molecular complexity index is 643. The molecule has 1 aliphatic carbocycles. The lowest BCUT2D eigenvalue weighted by Gasteiger charge is -2.27. The first-order chi connectivity index (χ1) is 10.5. The molecule has 1 fully saturated rings. The average molecular weight is 324 g/mol. The van der Waals surface area contributed by atoms with Gasteiger partial charge in [-0.2, -0.15) is 0 Å². The molecule has 0 spiro atoms. The van der Waals surface area contributed by atoms with Crippen LogP contribution in [0.1, 0.15) is 31.2 Å². The molecule has 0 radical (unpaired) electrons. The molecule has 22 heavy (non-hydrogen) atoms. The number of ether oxygens (including phenoxy) is 1. The molecule has 2 atom stereocenters. The highest BCUT2D eigenvalue weighted by molar-refractivity contribution is 7.89. The lowest BCUT2D eigenvalue weighted by molar-refractivity contribution is 0.267. The number of nitrogens with one attached hydrogen (secondary N) is 1. The highest BCUT2D eigenvalue weighted by Crippen LogP contribution is 2.28. The van der Waals surface area contributed by atoms with Crippen LogP contribution >= 0.6 is 0 Å². The summed E-state index contributed by atoms with van der Waals surface area (Å²) in [4.78, 5) is 2.46. The number of fused-ring (bicyclic) bond motifs is 1. The Morgan fingerprint density at radius 2 is 2.05 bits per heavy atom. The second-order valence-corrected chi connectivity index (χ2v) is 8.13. The van der Waals surface area contributed by atoms with Crippen LogP contribution in [0.2, 0.25) is 0 Å².